The minimum Gasteiger partial charge on any atom is -0.456 e. The van der Waals surface area contributed by atoms with Gasteiger partial charge in [-0.3, -0.25) is 0 Å². The molecule has 328 valence electrons. The Labute approximate surface area is 407 Å². The lowest BCUT2D eigenvalue weighted by Crippen LogP contribution is -2.78. The monoisotopic (exact) mass is 918 g/mol. The minimum absolute atomic E-state index is 0.0360. The number of furan rings is 1. The van der Waals surface area contributed by atoms with E-state index in [0.29, 0.717) is 0 Å². The van der Waals surface area contributed by atoms with Crippen molar-refractivity contribution in [2.75, 3.05) is 9.71 Å². The molecule has 2 aromatic heterocycles. The largest absolute Gasteiger partial charge is 0.456 e. The first kappa shape index (κ1) is 38.8. The van der Waals surface area contributed by atoms with Gasteiger partial charge in [-0.25, -0.2) is 0 Å². The number of para-hydroxylation sites is 3. The summed E-state index contributed by atoms with van der Waals surface area (Å²) in [5, 5.41) is 10.9. The SMILES string of the molecule is Cc1cc2c(cc1N1c3cc4c(sc5ccccc54)c4c3B(c3c1ccc1c3oc3ccccc31)N1c3ccccc3[Si]3(c5ccccc5-c5ccccc53)c3cccc-4c31)C(C)(C)CCC2(C)C. The van der Waals surface area contributed by atoms with Crippen LogP contribution in [0.5, 0.6) is 0 Å². The smallest absolute Gasteiger partial charge is 0.337 e. The summed E-state index contributed by atoms with van der Waals surface area (Å²) in [5.74, 6) is 0. The lowest BCUT2D eigenvalue weighted by Gasteiger charge is -2.52. The van der Waals surface area contributed by atoms with Crippen LogP contribution in [-0.2, 0) is 10.8 Å². The first-order valence-electron chi connectivity index (χ1n) is 24.8. The minimum atomic E-state index is -2.87. The second-order valence-corrected chi connectivity index (χ2v) is 26.5. The van der Waals surface area contributed by atoms with Crippen molar-refractivity contribution in [3.05, 3.63) is 187 Å². The summed E-state index contributed by atoms with van der Waals surface area (Å²) in [6, 6.07) is 65.8. The van der Waals surface area contributed by atoms with Gasteiger partial charge in [-0.05, 0) is 127 Å². The van der Waals surface area contributed by atoms with E-state index in [4.69, 9.17) is 4.42 Å². The van der Waals surface area contributed by atoms with Gasteiger partial charge in [0.25, 0.3) is 0 Å². The maximum Gasteiger partial charge on any atom is 0.337 e. The number of nitrogens with zero attached hydrogens (tertiary/aromatic N) is 2. The Kier molecular flexibility index (Phi) is 7.28. The Balaban J connectivity index is 1.11. The Morgan fingerprint density at radius 3 is 1.94 bits per heavy atom. The van der Waals surface area contributed by atoms with Gasteiger partial charge in [-0.1, -0.05) is 155 Å². The van der Waals surface area contributed by atoms with Crippen molar-refractivity contribution < 1.29 is 4.42 Å². The van der Waals surface area contributed by atoms with Crippen LogP contribution in [0.25, 0.3) is 64.4 Å². The standard InChI is InChI=1S/C63H47BN2OSSi/c1-36-33-44-45(63(4,5)32-31-62(44,2)3)35-48(36)65-47-30-29-41-37-17-6-11-23-50(37)67-60(41)58(47)64-57-49(65)34-43-38-18-7-12-24-51(38)68-61(43)56(57)42-21-16-28-55-59(42)66(64)46-22-10-15-27-54(46)69(55)52-25-13-8-19-39(52)40-20-9-14-26-53(40)69/h6-30,33-35H,31-32H2,1-5H3. The van der Waals surface area contributed by atoms with Crippen LogP contribution in [0.15, 0.2) is 174 Å². The molecule has 9 aromatic carbocycles. The van der Waals surface area contributed by atoms with Gasteiger partial charge in [0.05, 0.1) is 0 Å². The summed E-state index contributed by atoms with van der Waals surface area (Å²) in [7, 11) is -2.87. The molecule has 0 saturated carbocycles. The van der Waals surface area contributed by atoms with Crippen LogP contribution in [0.4, 0.5) is 28.4 Å². The fourth-order valence-electron chi connectivity index (χ4n) is 14.2. The van der Waals surface area contributed by atoms with Crippen LogP contribution < -0.4 is 41.4 Å². The zero-order valence-corrected chi connectivity index (χ0v) is 41.2. The van der Waals surface area contributed by atoms with E-state index in [1.54, 1.807) is 0 Å². The highest BCUT2D eigenvalue weighted by Gasteiger charge is 2.58. The van der Waals surface area contributed by atoms with E-state index in [9.17, 15) is 0 Å². The molecule has 6 heteroatoms. The molecule has 0 amide bonds. The Hall–Kier alpha value is -7.12. The third-order valence-corrected chi connectivity index (χ3v) is 23.6. The van der Waals surface area contributed by atoms with Crippen LogP contribution in [0, 0.1) is 6.92 Å². The highest BCUT2D eigenvalue weighted by Crippen LogP contribution is 2.55. The molecule has 69 heavy (non-hydrogen) atoms. The molecule has 4 aliphatic heterocycles. The molecule has 11 aromatic rings. The van der Waals surface area contributed by atoms with E-state index >= 15 is 0 Å². The van der Waals surface area contributed by atoms with Gasteiger partial charge in [0.1, 0.15) is 11.2 Å². The van der Waals surface area contributed by atoms with Crippen LogP contribution in [-0.4, -0.2) is 14.9 Å². The van der Waals surface area contributed by atoms with E-state index in [1.165, 1.54) is 126 Å². The van der Waals surface area contributed by atoms with E-state index in [0.717, 1.165) is 28.4 Å². The third kappa shape index (κ3) is 4.61. The summed E-state index contributed by atoms with van der Waals surface area (Å²) in [5.41, 5.74) is 20.7. The summed E-state index contributed by atoms with van der Waals surface area (Å²) >= 11 is 1.96. The number of hydrogen-bond donors (Lipinski definition) is 0. The van der Waals surface area contributed by atoms with E-state index in [-0.39, 0.29) is 17.7 Å². The van der Waals surface area contributed by atoms with Crippen LogP contribution in [0.1, 0.15) is 57.2 Å². The number of benzene rings is 9. The van der Waals surface area contributed by atoms with Crippen molar-refractivity contribution in [2.45, 2.75) is 58.3 Å². The van der Waals surface area contributed by atoms with Gasteiger partial charge in [-0.15, -0.1) is 11.3 Å². The summed E-state index contributed by atoms with van der Waals surface area (Å²) in [6.07, 6.45) is 2.34. The first-order valence-corrected chi connectivity index (χ1v) is 27.6. The van der Waals surface area contributed by atoms with Crippen molar-refractivity contribution in [1.29, 1.82) is 0 Å². The predicted octanol–water partition coefficient (Wildman–Crippen LogP) is 13.0. The van der Waals surface area contributed by atoms with Gasteiger partial charge in [0.15, 0.2) is 8.07 Å². The first-order chi connectivity index (χ1) is 33.6. The van der Waals surface area contributed by atoms with Gasteiger partial charge >= 0.3 is 6.85 Å². The maximum atomic E-state index is 7.32. The lowest BCUT2D eigenvalue weighted by atomic mass is 9.43. The number of rotatable bonds is 1. The molecular weight excluding hydrogens is 872 g/mol. The van der Waals surface area contributed by atoms with Crippen LogP contribution in [0.3, 0.4) is 0 Å². The number of thiophene rings is 1. The Morgan fingerprint density at radius 2 is 1.16 bits per heavy atom. The third-order valence-electron chi connectivity index (χ3n) is 17.4. The lowest BCUT2D eigenvalue weighted by molar-refractivity contribution is 0.332. The molecule has 16 rings (SSSR count). The fraction of sp³-hybridized carbons (Fsp3) is 0.143. The van der Waals surface area contributed by atoms with Gasteiger partial charge in [0.2, 0.25) is 0 Å². The molecule has 5 aliphatic rings. The highest BCUT2D eigenvalue weighted by atomic mass is 32.1. The Bertz CT molecular complexity index is 4110. The van der Waals surface area contributed by atoms with Crippen LogP contribution >= 0.6 is 11.3 Å². The Morgan fingerprint density at radius 1 is 0.522 bits per heavy atom. The number of aryl methyl sites for hydroxylation is 1. The zero-order chi connectivity index (χ0) is 45.9. The molecule has 0 saturated heterocycles. The summed E-state index contributed by atoms with van der Waals surface area (Å²) < 4.78 is 10.0. The summed E-state index contributed by atoms with van der Waals surface area (Å²) in [4.78, 5) is 5.46. The van der Waals surface area contributed by atoms with Gasteiger partial charge in [-0.2, -0.15) is 0 Å². The van der Waals surface area contributed by atoms with Gasteiger partial charge in [0, 0.05) is 76.0 Å². The van der Waals surface area contributed by atoms with E-state index in [1.807, 2.05) is 11.3 Å². The molecule has 1 aliphatic carbocycles. The number of anilines is 5. The number of hydrogen-bond acceptors (Lipinski definition) is 4. The summed E-state index contributed by atoms with van der Waals surface area (Å²) in [6.45, 7) is 12.0. The highest BCUT2D eigenvalue weighted by molar-refractivity contribution is 7.27. The normalized spacial score (nSPS) is 16.9. The molecule has 1 spiro atoms. The van der Waals surface area contributed by atoms with Crippen molar-refractivity contribution in [2.24, 2.45) is 0 Å². The molecule has 0 radical (unpaired) electrons. The molecule has 6 heterocycles. The quantitative estimate of drug-likeness (QED) is 0.153. The maximum absolute atomic E-state index is 7.32. The zero-order valence-electron chi connectivity index (χ0n) is 39.4. The van der Waals surface area contributed by atoms with Crippen molar-refractivity contribution in [3.63, 3.8) is 0 Å². The topological polar surface area (TPSA) is 19.6 Å². The molecule has 0 bridgehead atoms. The van der Waals surface area contributed by atoms with E-state index in [2.05, 4.69) is 214 Å². The predicted molar refractivity (Wildman–Crippen MR) is 297 cm³/mol. The van der Waals surface area contributed by atoms with Gasteiger partial charge < -0.3 is 14.1 Å². The molecule has 0 unspecified atom stereocenters. The molecule has 0 atom stereocenters. The van der Waals surface area contributed by atoms with Crippen molar-refractivity contribution in [1.82, 2.24) is 0 Å². The van der Waals surface area contributed by atoms with E-state index < -0.39 is 8.07 Å². The number of fused-ring (bicyclic) bond motifs is 22. The average molecular weight is 919 g/mol. The molecule has 0 fully saturated rings. The average Bonchev–Trinajstić information content (AvgIpc) is 4.04. The molecule has 3 nitrogen and oxygen atoms in total. The van der Waals surface area contributed by atoms with Crippen molar-refractivity contribution in [3.8, 4) is 22.3 Å². The second kappa shape index (κ2) is 12.9. The molecule has 0 N–H and O–H groups in total. The second-order valence-electron chi connectivity index (χ2n) is 21.8. The molecular formula is C63H47BN2OSSi. The van der Waals surface area contributed by atoms with Crippen LogP contribution in [0.2, 0.25) is 0 Å². The van der Waals surface area contributed by atoms with Crippen molar-refractivity contribution >= 4 is 128 Å². The fourth-order valence-corrected chi connectivity index (χ4v) is 21.1.